The van der Waals surface area contributed by atoms with E-state index < -0.39 is 22.6 Å². The summed E-state index contributed by atoms with van der Waals surface area (Å²) in [5, 5.41) is 2.60. The van der Waals surface area contributed by atoms with Gasteiger partial charge in [-0.25, -0.2) is 14.2 Å². The first kappa shape index (κ1) is 26.5. The Morgan fingerprint density at radius 1 is 1.17 bits per heavy atom. The summed E-state index contributed by atoms with van der Waals surface area (Å²) >= 11 is 10.6. The summed E-state index contributed by atoms with van der Waals surface area (Å²) in [7, 11) is 5.10. The molecule has 1 heterocycles. The van der Waals surface area contributed by atoms with E-state index in [2.05, 4.69) is 27.7 Å². The summed E-state index contributed by atoms with van der Waals surface area (Å²) in [4.78, 5) is 44.1. The minimum absolute atomic E-state index is 0.0574. The quantitative estimate of drug-likeness (QED) is 0.332. The van der Waals surface area contributed by atoms with Gasteiger partial charge >= 0.3 is 17.3 Å². The number of ether oxygens (including phenoxy) is 1. The molecule has 9 nitrogen and oxygen atoms in total. The molecule has 186 valence electrons. The summed E-state index contributed by atoms with van der Waals surface area (Å²) in [5.41, 5.74) is 1.97. The van der Waals surface area contributed by atoms with E-state index in [4.69, 9.17) is 11.6 Å². The number of nitrogens with one attached hydrogen (secondary N) is 1. The molecule has 0 bridgehead atoms. The van der Waals surface area contributed by atoms with Crippen LogP contribution in [-0.2, 0) is 29.2 Å². The van der Waals surface area contributed by atoms with Crippen molar-refractivity contribution in [2.75, 3.05) is 26.5 Å². The third-order valence-corrected chi connectivity index (χ3v) is 5.96. The fourth-order valence-electron chi connectivity index (χ4n) is 3.41. The van der Waals surface area contributed by atoms with Gasteiger partial charge in [0, 0.05) is 17.3 Å². The van der Waals surface area contributed by atoms with Gasteiger partial charge in [0.1, 0.15) is 5.25 Å². The molecular formula is C24H28ClN5O4S. The van der Waals surface area contributed by atoms with E-state index in [0.717, 1.165) is 21.3 Å². The number of hydrogen-bond acceptors (Lipinski definition) is 8. The third kappa shape index (κ3) is 6.74. The molecule has 35 heavy (non-hydrogen) atoms. The molecule has 0 spiro atoms. The molecule has 0 saturated carbocycles. The van der Waals surface area contributed by atoms with Crippen LogP contribution in [0.15, 0.2) is 52.1 Å². The Balaban J connectivity index is 2.04. The number of methoxy groups -OCH3 is 1. The van der Waals surface area contributed by atoms with Gasteiger partial charge < -0.3 is 15.0 Å². The second kappa shape index (κ2) is 11.6. The highest BCUT2D eigenvalue weighted by atomic mass is 35.5. The molecule has 1 aromatic heterocycles. The van der Waals surface area contributed by atoms with E-state index >= 15 is 0 Å². The van der Waals surface area contributed by atoms with Crippen LogP contribution >= 0.6 is 24.2 Å². The zero-order valence-electron chi connectivity index (χ0n) is 20.0. The lowest BCUT2D eigenvalue weighted by molar-refractivity contribution is -0.140. The van der Waals surface area contributed by atoms with Gasteiger partial charge in [-0.15, -0.1) is 0 Å². The van der Waals surface area contributed by atoms with Crippen molar-refractivity contribution in [3.05, 3.63) is 85.1 Å². The zero-order chi connectivity index (χ0) is 25.7. The van der Waals surface area contributed by atoms with Gasteiger partial charge in [-0.2, -0.15) is 17.6 Å². The normalized spacial score (nSPS) is 12.0. The van der Waals surface area contributed by atoms with Gasteiger partial charge in [0.15, 0.2) is 0 Å². The average molecular weight is 518 g/mol. The number of aryl methyl sites for hydroxylation is 1. The maximum atomic E-state index is 13.4. The van der Waals surface area contributed by atoms with Crippen LogP contribution in [0, 0.1) is 6.92 Å². The fraction of sp³-hybridized carbons (Fsp3) is 0.333. The van der Waals surface area contributed by atoms with Crippen LogP contribution in [-0.4, -0.2) is 51.4 Å². The van der Waals surface area contributed by atoms with E-state index in [1.54, 1.807) is 12.1 Å². The molecule has 0 aliphatic rings. The molecule has 0 radical (unpaired) electrons. The molecule has 0 aliphatic carbocycles. The van der Waals surface area contributed by atoms with Crippen LogP contribution in [0.5, 0.6) is 0 Å². The minimum atomic E-state index is -0.998. The van der Waals surface area contributed by atoms with Crippen LogP contribution in [0.1, 0.15) is 16.7 Å². The van der Waals surface area contributed by atoms with Crippen LogP contribution in [0.3, 0.4) is 0 Å². The Labute approximate surface area is 213 Å². The molecule has 2 aromatic carbocycles. The van der Waals surface area contributed by atoms with Crippen molar-refractivity contribution in [1.82, 2.24) is 19.0 Å². The molecule has 0 saturated heterocycles. The summed E-state index contributed by atoms with van der Waals surface area (Å²) in [6.45, 7) is 2.50. The van der Waals surface area contributed by atoms with Crippen LogP contribution < -0.4 is 16.7 Å². The van der Waals surface area contributed by atoms with Crippen molar-refractivity contribution < 1.29 is 9.53 Å². The molecule has 1 unspecified atom stereocenters. The number of anilines is 2. The molecule has 0 fully saturated rings. The topological polar surface area (TPSA) is 98.5 Å². The molecule has 11 heteroatoms. The van der Waals surface area contributed by atoms with Crippen molar-refractivity contribution in [2.45, 2.75) is 31.8 Å². The summed E-state index contributed by atoms with van der Waals surface area (Å²) < 4.78 is 6.88. The third-order valence-electron chi connectivity index (χ3n) is 5.24. The standard InChI is InChI=1S/C24H28ClN5O4S/c1-15-5-7-16(8-6-15)12-29-22(26-18-10-9-17(13-28(2)3)19(25)11-18)27-23(32)30(24(29)33)14-20(35)21(31)34-4/h5-11,20,35H,12-14H2,1-4H3,(H,26,27,32). The zero-order valence-corrected chi connectivity index (χ0v) is 21.6. The highest BCUT2D eigenvalue weighted by Gasteiger charge is 2.20. The predicted molar refractivity (Wildman–Crippen MR) is 140 cm³/mol. The maximum absolute atomic E-state index is 13.4. The second-order valence-corrected chi connectivity index (χ2v) is 9.42. The van der Waals surface area contributed by atoms with E-state index in [1.807, 2.05) is 56.3 Å². The Morgan fingerprint density at radius 3 is 2.46 bits per heavy atom. The van der Waals surface area contributed by atoms with Crippen LogP contribution in [0.4, 0.5) is 11.6 Å². The van der Waals surface area contributed by atoms with Gasteiger partial charge in [0.2, 0.25) is 5.95 Å². The Hall–Kier alpha value is -3.08. The van der Waals surface area contributed by atoms with Gasteiger partial charge in [-0.05, 0) is 44.3 Å². The number of carbonyl (C=O) groups excluding carboxylic acids is 1. The molecule has 1 N–H and O–H groups in total. The molecule has 1 atom stereocenters. The number of aromatic nitrogens is 3. The van der Waals surface area contributed by atoms with E-state index in [0.29, 0.717) is 17.3 Å². The van der Waals surface area contributed by atoms with Crippen LogP contribution in [0.2, 0.25) is 5.02 Å². The van der Waals surface area contributed by atoms with Gasteiger partial charge in [-0.1, -0.05) is 47.5 Å². The van der Waals surface area contributed by atoms with E-state index in [1.165, 1.54) is 11.7 Å². The Kier molecular flexibility index (Phi) is 8.76. The highest BCUT2D eigenvalue weighted by molar-refractivity contribution is 7.81. The van der Waals surface area contributed by atoms with Crippen molar-refractivity contribution in [3.8, 4) is 0 Å². The lowest BCUT2D eigenvalue weighted by Crippen LogP contribution is -2.45. The lowest BCUT2D eigenvalue weighted by Gasteiger charge is -2.17. The van der Waals surface area contributed by atoms with Crippen molar-refractivity contribution in [2.24, 2.45) is 0 Å². The number of carbonyl (C=O) groups is 1. The van der Waals surface area contributed by atoms with Gasteiger partial charge in [0.25, 0.3) is 0 Å². The van der Waals surface area contributed by atoms with E-state index in [9.17, 15) is 14.4 Å². The molecule has 3 rings (SSSR count). The first-order valence-corrected chi connectivity index (χ1v) is 11.7. The molecule has 0 amide bonds. The van der Waals surface area contributed by atoms with Gasteiger partial charge in [0.05, 0.1) is 20.2 Å². The largest absolute Gasteiger partial charge is 0.468 e. The fourth-order valence-corrected chi connectivity index (χ4v) is 3.92. The van der Waals surface area contributed by atoms with Crippen molar-refractivity contribution in [3.63, 3.8) is 0 Å². The SMILES string of the molecule is COC(=O)C(S)Cn1c(=O)nc(Nc2ccc(CN(C)C)c(Cl)c2)n(Cc2ccc(C)cc2)c1=O. The first-order valence-electron chi connectivity index (χ1n) is 10.8. The second-order valence-electron chi connectivity index (χ2n) is 8.39. The first-order chi connectivity index (χ1) is 16.6. The summed E-state index contributed by atoms with van der Waals surface area (Å²) in [5.74, 6) is -0.596. The van der Waals surface area contributed by atoms with E-state index in [-0.39, 0.29) is 19.0 Å². The number of thiol groups is 1. The number of hydrogen-bond donors (Lipinski definition) is 2. The number of esters is 1. The molecular weight excluding hydrogens is 490 g/mol. The smallest absolute Gasteiger partial charge is 0.354 e. The number of rotatable bonds is 9. The number of benzene rings is 2. The maximum Gasteiger partial charge on any atom is 0.354 e. The number of nitrogens with zero attached hydrogens (tertiary/aromatic N) is 4. The van der Waals surface area contributed by atoms with Crippen molar-refractivity contribution in [1.29, 1.82) is 0 Å². The monoisotopic (exact) mass is 517 g/mol. The van der Waals surface area contributed by atoms with Crippen molar-refractivity contribution >= 4 is 41.8 Å². The Bertz CT molecular complexity index is 1320. The number of halogens is 1. The average Bonchev–Trinajstić information content (AvgIpc) is 2.81. The molecule has 3 aromatic rings. The summed E-state index contributed by atoms with van der Waals surface area (Å²) in [6.07, 6.45) is 0. The van der Waals surface area contributed by atoms with Crippen LogP contribution in [0.25, 0.3) is 0 Å². The minimum Gasteiger partial charge on any atom is -0.468 e. The lowest BCUT2D eigenvalue weighted by atomic mass is 10.1. The van der Waals surface area contributed by atoms with Gasteiger partial charge in [-0.3, -0.25) is 9.36 Å². The predicted octanol–water partition coefficient (Wildman–Crippen LogP) is 2.69. The molecule has 0 aliphatic heterocycles. The highest BCUT2D eigenvalue weighted by Crippen LogP contribution is 2.24. The summed E-state index contributed by atoms with van der Waals surface area (Å²) in [6, 6.07) is 13.0. The Morgan fingerprint density at radius 2 is 1.86 bits per heavy atom.